The van der Waals surface area contributed by atoms with Crippen molar-refractivity contribution in [1.82, 2.24) is 9.88 Å². The minimum atomic E-state index is 0.440. The predicted molar refractivity (Wildman–Crippen MR) is 107 cm³/mol. The van der Waals surface area contributed by atoms with Crippen LogP contribution in [0.15, 0.2) is 42.5 Å². The van der Waals surface area contributed by atoms with Gasteiger partial charge in [0.05, 0.1) is 10.2 Å². The Morgan fingerprint density at radius 1 is 1.20 bits per heavy atom. The van der Waals surface area contributed by atoms with Crippen molar-refractivity contribution >= 4 is 26.7 Å². The molecule has 25 heavy (non-hydrogen) atoms. The van der Waals surface area contributed by atoms with E-state index in [4.69, 9.17) is 5.73 Å². The van der Waals surface area contributed by atoms with Crippen LogP contribution in [-0.2, 0) is 12.8 Å². The van der Waals surface area contributed by atoms with Gasteiger partial charge in [-0.3, -0.25) is 4.90 Å². The monoisotopic (exact) mass is 351 g/mol. The molecule has 2 N–H and O–H groups in total. The van der Waals surface area contributed by atoms with Gasteiger partial charge < -0.3 is 5.73 Å². The second-order valence-electron chi connectivity index (χ2n) is 7.03. The zero-order valence-corrected chi connectivity index (χ0v) is 15.7. The molecule has 1 aliphatic rings. The lowest BCUT2D eigenvalue weighted by atomic mass is 10.0. The normalized spacial score (nSPS) is 18.0. The van der Waals surface area contributed by atoms with Crippen LogP contribution in [0.2, 0.25) is 0 Å². The van der Waals surface area contributed by atoms with Crippen LogP contribution in [0.3, 0.4) is 0 Å². The molecule has 130 valence electrons. The van der Waals surface area contributed by atoms with E-state index < -0.39 is 0 Å². The zero-order valence-electron chi connectivity index (χ0n) is 14.9. The molecule has 0 aliphatic heterocycles. The first-order valence-electron chi connectivity index (χ1n) is 9.14. The van der Waals surface area contributed by atoms with E-state index in [1.165, 1.54) is 27.8 Å². The highest BCUT2D eigenvalue weighted by Gasteiger charge is 2.30. The van der Waals surface area contributed by atoms with Gasteiger partial charge in [-0.1, -0.05) is 48.6 Å². The molecule has 1 aromatic heterocycles. The molecule has 2 unspecified atom stereocenters. The summed E-state index contributed by atoms with van der Waals surface area (Å²) >= 11 is 1.59. The maximum atomic E-state index is 5.87. The van der Waals surface area contributed by atoms with Crippen molar-refractivity contribution < 1.29 is 0 Å². The minimum Gasteiger partial charge on any atom is -0.375 e. The minimum absolute atomic E-state index is 0.440. The third-order valence-corrected chi connectivity index (χ3v) is 6.22. The van der Waals surface area contributed by atoms with Crippen LogP contribution in [0, 0.1) is 0 Å². The predicted octanol–water partition coefficient (Wildman–Crippen LogP) is 4.82. The molecule has 2 atom stereocenters. The number of benzene rings is 2. The van der Waals surface area contributed by atoms with Gasteiger partial charge in [-0.25, -0.2) is 4.98 Å². The second kappa shape index (κ2) is 6.77. The van der Waals surface area contributed by atoms with Gasteiger partial charge in [-0.15, -0.1) is 0 Å². The highest BCUT2D eigenvalue weighted by atomic mass is 32.1. The van der Waals surface area contributed by atoms with E-state index in [-0.39, 0.29) is 0 Å². The molecule has 0 amide bonds. The Bertz CT molecular complexity index is 828. The Hall–Kier alpha value is -1.91. The third-order valence-electron chi connectivity index (χ3n) is 5.37. The lowest BCUT2D eigenvalue weighted by Gasteiger charge is -2.34. The number of nitrogen functional groups attached to an aromatic ring is 1. The van der Waals surface area contributed by atoms with Gasteiger partial charge >= 0.3 is 0 Å². The summed E-state index contributed by atoms with van der Waals surface area (Å²) in [4.78, 5) is 7.15. The van der Waals surface area contributed by atoms with E-state index >= 15 is 0 Å². The van der Waals surface area contributed by atoms with Gasteiger partial charge in [0, 0.05) is 12.1 Å². The van der Waals surface area contributed by atoms with Gasteiger partial charge in [0.2, 0.25) is 0 Å². The number of hydrogen-bond acceptors (Lipinski definition) is 4. The highest BCUT2D eigenvalue weighted by molar-refractivity contribution is 7.22. The van der Waals surface area contributed by atoms with Crippen LogP contribution in [-0.4, -0.2) is 22.5 Å². The fourth-order valence-corrected chi connectivity index (χ4v) is 4.92. The summed E-state index contributed by atoms with van der Waals surface area (Å²) in [5.41, 5.74) is 11.3. The van der Waals surface area contributed by atoms with Crippen molar-refractivity contribution in [1.29, 1.82) is 0 Å². The van der Waals surface area contributed by atoms with Crippen molar-refractivity contribution in [2.24, 2.45) is 0 Å². The number of fused-ring (bicyclic) bond motifs is 2. The van der Waals surface area contributed by atoms with E-state index in [0.29, 0.717) is 17.2 Å². The van der Waals surface area contributed by atoms with Gasteiger partial charge in [-0.05, 0) is 61.6 Å². The SMILES string of the molecule is CCCN(C1Cc2cc3nc(N)sc3cc2C1)C(C)c1ccccc1. The molecular formula is C21H25N3S. The van der Waals surface area contributed by atoms with Crippen molar-refractivity contribution in [2.75, 3.05) is 12.3 Å². The quantitative estimate of drug-likeness (QED) is 0.716. The fourth-order valence-electron chi connectivity index (χ4n) is 4.15. The summed E-state index contributed by atoms with van der Waals surface area (Å²) < 4.78 is 1.22. The Balaban J connectivity index is 1.60. The molecule has 0 saturated heterocycles. The molecule has 0 radical (unpaired) electrons. The molecule has 1 heterocycles. The molecule has 3 aromatic rings. The first kappa shape index (κ1) is 16.6. The first-order valence-corrected chi connectivity index (χ1v) is 9.96. The number of anilines is 1. The Kier molecular flexibility index (Phi) is 4.48. The molecule has 4 heteroatoms. The summed E-state index contributed by atoms with van der Waals surface area (Å²) in [6.45, 7) is 5.75. The average molecular weight is 352 g/mol. The largest absolute Gasteiger partial charge is 0.375 e. The lowest BCUT2D eigenvalue weighted by Crippen LogP contribution is -2.38. The van der Waals surface area contributed by atoms with E-state index in [1.54, 1.807) is 11.3 Å². The molecule has 0 fully saturated rings. The Morgan fingerprint density at radius 2 is 1.92 bits per heavy atom. The summed E-state index contributed by atoms with van der Waals surface area (Å²) in [5, 5.41) is 0.667. The smallest absolute Gasteiger partial charge is 0.181 e. The number of nitrogens with zero attached hydrogens (tertiary/aromatic N) is 2. The number of rotatable bonds is 5. The molecule has 3 nitrogen and oxygen atoms in total. The Labute approximate surface area is 153 Å². The highest BCUT2D eigenvalue weighted by Crippen LogP contribution is 2.35. The van der Waals surface area contributed by atoms with Gasteiger partial charge in [-0.2, -0.15) is 0 Å². The number of thiazole rings is 1. The topological polar surface area (TPSA) is 42.2 Å². The van der Waals surface area contributed by atoms with Gasteiger partial charge in [0.25, 0.3) is 0 Å². The first-order chi connectivity index (χ1) is 12.2. The molecule has 0 spiro atoms. The van der Waals surface area contributed by atoms with Crippen molar-refractivity contribution in [3.8, 4) is 0 Å². The van der Waals surface area contributed by atoms with Crippen LogP contribution < -0.4 is 5.73 Å². The molecule has 0 bridgehead atoms. The number of nitrogens with two attached hydrogens (primary N) is 1. The van der Waals surface area contributed by atoms with Crippen molar-refractivity contribution in [3.05, 3.63) is 59.2 Å². The lowest BCUT2D eigenvalue weighted by molar-refractivity contribution is 0.148. The molecule has 1 aliphatic carbocycles. The number of hydrogen-bond donors (Lipinski definition) is 1. The van der Waals surface area contributed by atoms with E-state index in [9.17, 15) is 0 Å². The fraction of sp³-hybridized carbons (Fsp3) is 0.381. The zero-order chi connectivity index (χ0) is 17.4. The standard InChI is InChI=1S/C21H25N3S/c1-3-9-24(14(2)15-7-5-4-6-8-15)18-10-16-12-19-20(13-17(16)11-18)25-21(22)23-19/h4-8,12-14,18H,3,9-11H2,1-2H3,(H2,22,23). The molecular weight excluding hydrogens is 326 g/mol. The van der Waals surface area contributed by atoms with E-state index in [1.807, 2.05) is 0 Å². The van der Waals surface area contributed by atoms with Gasteiger partial charge in [0.1, 0.15) is 0 Å². The van der Waals surface area contributed by atoms with Crippen LogP contribution in [0.5, 0.6) is 0 Å². The molecule has 0 saturated carbocycles. The van der Waals surface area contributed by atoms with Crippen LogP contribution in [0.1, 0.15) is 43.0 Å². The summed E-state index contributed by atoms with van der Waals surface area (Å²) in [7, 11) is 0. The van der Waals surface area contributed by atoms with Crippen LogP contribution in [0.4, 0.5) is 5.13 Å². The summed E-state index contributed by atoms with van der Waals surface area (Å²) in [6, 6.07) is 16.5. The second-order valence-corrected chi connectivity index (χ2v) is 8.09. The third kappa shape index (κ3) is 3.16. The van der Waals surface area contributed by atoms with Crippen LogP contribution in [0.25, 0.3) is 10.2 Å². The van der Waals surface area contributed by atoms with Crippen molar-refractivity contribution in [2.45, 2.75) is 45.2 Å². The summed E-state index contributed by atoms with van der Waals surface area (Å²) in [5.74, 6) is 0. The molecule has 2 aromatic carbocycles. The van der Waals surface area contributed by atoms with E-state index in [2.05, 4.69) is 66.2 Å². The van der Waals surface area contributed by atoms with Gasteiger partial charge in [0.15, 0.2) is 5.13 Å². The number of aromatic nitrogens is 1. The average Bonchev–Trinajstić information content (AvgIpc) is 3.18. The molecule has 4 rings (SSSR count). The Morgan fingerprint density at radius 3 is 2.64 bits per heavy atom. The van der Waals surface area contributed by atoms with Crippen LogP contribution >= 0.6 is 11.3 Å². The van der Waals surface area contributed by atoms with Crippen molar-refractivity contribution in [3.63, 3.8) is 0 Å². The van der Waals surface area contributed by atoms with E-state index in [0.717, 1.165) is 24.9 Å². The maximum absolute atomic E-state index is 5.87. The summed E-state index contributed by atoms with van der Waals surface area (Å²) in [6.07, 6.45) is 3.41. The maximum Gasteiger partial charge on any atom is 0.181 e.